The fraction of sp³-hybridized carbons (Fsp3) is 0.0588. The highest BCUT2D eigenvalue weighted by molar-refractivity contribution is 6.62. The largest absolute Gasteiger partial charge is 0.489 e. The molecule has 0 fully saturated rings. The third-order valence-corrected chi connectivity index (χ3v) is 3.43. The lowest BCUT2D eigenvalue weighted by Gasteiger charge is -2.12. The molecule has 3 rings (SSSR count). The molecule has 0 heterocycles. The van der Waals surface area contributed by atoms with E-state index in [0.717, 1.165) is 22.1 Å². The maximum Gasteiger partial charge on any atom is 0.489 e. The Kier molecular flexibility index (Phi) is 3.91. The van der Waals surface area contributed by atoms with Gasteiger partial charge in [0.05, 0.1) is 0 Å². The van der Waals surface area contributed by atoms with Gasteiger partial charge in [-0.25, -0.2) is 0 Å². The zero-order chi connectivity index (χ0) is 14.7. The molecule has 0 unspecified atom stereocenters. The van der Waals surface area contributed by atoms with Crippen LogP contribution in [0, 0.1) is 0 Å². The molecule has 0 aliphatic heterocycles. The maximum atomic E-state index is 9.44. The average Bonchev–Trinajstić information content (AvgIpc) is 2.53. The van der Waals surface area contributed by atoms with Crippen LogP contribution in [0.5, 0.6) is 5.75 Å². The second kappa shape index (κ2) is 6.00. The van der Waals surface area contributed by atoms with E-state index in [-0.39, 0.29) is 0 Å². The molecule has 21 heavy (non-hydrogen) atoms. The molecule has 0 atom stereocenters. The van der Waals surface area contributed by atoms with Crippen molar-refractivity contribution in [3.8, 4) is 5.75 Å². The molecule has 0 amide bonds. The monoisotopic (exact) mass is 278 g/mol. The van der Waals surface area contributed by atoms with Crippen LogP contribution in [0.1, 0.15) is 5.56 Å². The maximum absolute atomic E-state index is 9.44. The summed E-state index contributed by atoms with van der Waals surface area (Å²) in [5.41, 5.74) is 1.57. The van der Waals surface area contributed by atoms with Gasteiger partial charge in [-0.2, -0.15) is 0 Å². The topological polar surface area (TPSA) is 49.7 Å². The van der Waals surface area contributed by atoms with Gasteiger partial charge in [-0.05, 0) is 22.5 Å². The van der Waals surface area contributed by atoms with E-state index in [4.69, 9.17) is 4.74 Å². The molecule has 0 aliphatic rings. The summed E-state index contributed by atoms with van der Waals surface area (Å²) in [5, 5.41) is 20.5. The molecule has 0 bridgehead atoms. The Bertz CT molecular complexity index is 741. The lowest BCUT2D eigenvalue weighted by atomic mass is 9.77. The van der Waals surface area contributed by atoms with Crippen molar-refractivity contribution < 1.29 is 14.8 Å². The van der Waals surface area contributed by atoms with Crippen molar-refractivity contribution in [1.82, 2.24) is 0 Å². The molecule has 0 spiro atoms. The second-order valence-electron chi connectivity index (χ2n) is 4.85. The normalized spacial score (nSPS) is 10.6. The smallest absolute Gasteiger partial charge is 0.488 e. The van der Waals surface area contributed by atoms with Crippen LogP contribution in [-0.4, -0.2) is 17.2 Å². The Balaban J connectivity index is 1.94. The van der Waals surface area contributed by atoms with Gasteiger partial charge in [-0.15, -0.1) is 0 Å². The van der Waals surface area contributed by atoms with Crippen LogP contribution >= 0.6 is 0 Å². The minimum Gasteiger partial charge on any atom is -0.488 e. The van der Waals surface area contributed by atoms with Crippen molar-refractivity contribution in [3.05, 3.63) is 72.3 Å². The van der Waals surface area contributed by atoms with E-state index in [1.54, 1.807) is 12.1 Å². The molecule has 2 N–H and O–H groups in total. The van der Waals surface area contributed by atoms with Gasteiger partial charge in [0.2, 0.25) is 0 Å². The van der Waals surface area contributed by atoms with E-state index in [1.165, 1.54) is 0 Å². The number of rotatable bonds is 4. The second-order valence-corrected chi connectivity index (χ2v) is 4.85. The first-order chi connectivity index (χ1) is 10.3. The fourth-order valence-electron chi connectivity index (χ4n) is 2.38. The molecule has 4 heteroatoms. The van der Waals surface area contributed by atoms with Crippen molar-refractivity contribution in [3.63, 3.8) is 0 Å². The molecule has 3 aromatic rings. The first-order valence-corrected chi connectivity index (χ1v) is 6.80. The number of ether oxygens (including phenoxy) is 1. The number of hydrogen-bond acceptors (Lipinski definition) is 3. The lowest BCUT2D eigenvalue weighted by Crippen LogP contribution is -2.30. The summed E-state index contributed by atoms with van der Waals surface area (Å²) in [6.07, 6.45) is 0. The van der Waals surface area contributed by atoms with Gasteiger partial charge >= 0.3 is 7.12 Å². The predicted molar refractivity (Wildman–Crippen MR) is 84.5 cm³/mol. The predicted octanol–water partition coefficient (Wildman–Crippen LogP) is 2.10. The first kappa shape index (κ1) is 13.7. The molecule has 3 nitrogen and oxygen atoms in total. The van der Waals surface area contributed by atoms with Gasteiger partial charge in [0.15, 0.2) is 0 Å². The molecule has 0 saturated carbocycles. The van der Waals surface area contributed by atoms with Crippen LogP contribution in [-0.2, 0) is 6.61 Å². The molecule has 3 aromatic carbocycles. The molecule has 0 saturated heterocycles. The minimum atomic E-state index is -1.49. The van der Waals surface area contributed by atoms with E-state index >= 15 is 0 Å². The highest BCUT2D eigenvalue weighted by atomic mass is 16.5. The zero-order valence-electron chi connectivity index (χ0n) is 11.4. The Morgan fingerprint density at radius 1 is 0.762 bits per heavy atom. The Labute approximate surface area is 123 Å². The zero-order valence-corrected chi connectivity index (χ0v) is 11.4. The van der Waals surface area contributed by atoms with Crippen LogP contribution in [0.2, 0.25) is 0 Å². The summed E-state index contributed by atoms with van der Waals surface area (Å²) in [7, 11) is -1.49. The fourth-order valence-corrected chi connectivity index (χ4v) is 2.38. The third-order valence-electron chi connectivity index (χ3n) is 3.43. The van der Waals surface area contributed by atoms with Crippen molar-refractivity contribution in [2.45, 2.75) is 6.61 Å². The molecular formula is C17H15BO3. The number of hydrogen-bond donors (Lipinski definition) is 2. The van der Waals surface area contributed by atoms with Crippen LogP contribution < -0.4 is 10.2 Å². The van der Waals surface area contributed by atoms with E-state index in [2.05, 4.69) is 0 Å². The van der Waals surface area contributed by atoms with Gasteiger partial charge in [0.1, 0.15) is 12.4 Å². The van der Waals surface area contributed by atoms with Crippen LogP contribution in [0.3, 0.4) is 0 Å². The Morgan fingerprint density at radius 3 is 2.14 bits per heavy atom. The van der Waals surface area contributed by atoms with Gasteiger partial charge in [0, 0.05) is 5.39 Å². The summed E-state index contributed by atoms with van der Waals surface area (Å²) in [4.78, 5) is 0. The van der Waals surface area contributed by atoms with Gasteiger partial charge in [-0.3, -0.25) is 0 Å². The molecule has 0 radical (unpaired) electrons. The van der Waals surface area contributed by atoms with Gasteiger partial charge in [0.25, 0.3) is 0 Å². The van der Waals surface area contributed by atoms with E-state index in [9.17, 15) is 10.0 Å². The highest BCUT2D eigenvalue weighted by Crippen LogP contribution is 2.25. The molecular weight excluding hydrogens is 263 g/mol. The van der Waals surface area contributed by atoms with Gasteiger partial charge in [-0.1, -0.05) is 60.7 Å². The van der Waals surface area contributed by atoms with E-state index in [0.29, 0.717) is 12.1 Å². The highest BCUT2D eigenvalue weighted by Gasteiger charge is 2.16. The summed E-state index contributed by atoms with van der Waals surface area (Å²) < 4.78 is 5.88. The summed E-state index contributed by atoms with van der Waals surface area (Å²) in [6, 6.07) is 21.0. The van der Waals surface area contributed by atoms with Crippen molar-refractivity contribution in [2.24, 2.45) is 0 Å². The van der Waals surface area contributed by atoms with E-state index < -0.39 is 7.12 Å². The summed E-state index contributed by atoms with van der Waals surface area (Å²) in [5.74, 6) is 0.735. The Hall–Kier alpha value is -2.30. The standard InChI is InChI=1S/C17H15BO3/c19-18(20)16-10-11-17(15-9-5-4-8-14(15)16)21-12-13-6-2-1-3-7-13/h1-11,19-20H,12H2. The van der Waals surface area contributed by atoms with Gasteiger partial charge < -0.3 is 14.8 Å². The molecule has 0 aromatic heterocycles. The van der Waals surface area contributed by atoms with Crippen LogP contribution in [0.15, 0.2) is 66.7 Å². The molecule has 104 valence electrons. The SMILES string of the molecule is OB(O)c1ccc(OCc2ccccc2)c2ccccc12. The van der Waals surface area contributed by atoms with Crippen molar-refractivity contribution in [1.29, 1.82) is 0 Å². The van der Waals surface area contributed by atoms with Crippen molar-refractivity contribution in [2.75, 3.05) is 0 Å². The van der Waals surface area contributed by atoms with Crippen molar-refractivity contribution >= 4 is 23.4 Å². The van der Waals surface area contributed by atoms with Crippen LogP contribution in [0.25, 0.3) is 10.8 Å². The number of fused-ring (bicyclic) bond motifs is 1. The average molecular weight is 278 g/mol. The first-order valence-electron chi connectivity index (χ1n) is 6.80. The summed E-state index contributed by atoms with van der Waals surface area (Å²) >= 11 is 0. The lowest BCUT2D eigenvalue weighted by molar-refractivity contribution is 0.310. The minimum absolute atomic E-state index is 0.478. The third kappa shape index (κ3) is 2.91. The quantitative estimate of drug-likeness (QED) is 0.718. The molecule has 0 aliphatic carbocycles. The number of benzene rings is 3. The van der Waals surface area contributed by atoms with Crippen LogP contribution in [0.4, 0.5) is 0 Å². The summed E-state index contributed by atoms with van der Waals surface area (Å²) in [6.45, 7) is 0.478. The Morgan fingerprint density at radius 2 is 1.43 bits per heavy atom. The van der Waals surface area contributed by atoms with E-state index in [1.807, 2.05) is 54.6 Å².